The summed E-state index contributed by atoms with van der Waals surface area (Å²) < 4.78 is 11.0. The van der Waals surface area contributed by atoms with Gasteiger partial charge in [0.15, 0.2) is 6.61 Å². The van der Waals surface area contributed by atoms with E-state index in [2.05, 4.69) is 15.8 Å². The van der Waals surface area contributed by atoms with Crippen LogP contribution in [-0.4, -0.2) is 49.6 Å². The summed E-state index contributed by atoms with van der Waals surface area (Å²) in [6.45, 7) is 1.23. The van der Waals surface area contributed by atoms with Gasteiger partial charge in [0.05, 0.1) is 18.1 Å². The summed E-state index contributed by atoms with van der Waals surface area (Å²) in [6.07, 6.45) is 3.69. The smallest absolute Gasteiger partial charge is 0.258 e. The third-order valence-corrected chi connectivity index (χ3v) is 5.87. The molecule has 0 aromatic heterocycles. The molecule has 2 N–H and O–H groups in total. The highest BCUT2D eigenvalue weighted by Gasteiger charge is 2.16. The van der Waals surface area contributed by atoms with E-state index < -0.39 is 0 Å². The molecule has 1 atom stereocenters. The number of nitrogens with zero attached hydrogens (tertiary/aromatic N) is 1. The van der Waals surface area contributed by atoms with Gasteiger partial charge in [-0.3, -0.25) is 9.59 Å². The number of halogens is 1. The van der Waals surface area contributed by atoms with Gasteiger partial charge in [0.25, 0.3) is 5.91 Å². The maximum atomic E-state index is 11.9. The van der Waals surface area contributed by atoms with Crippen molar-refractivity contribution in [2.45, 2.75) is 24.7 Å². The lowest BCUT2D eigenvalue weighted by molar-refractivity contribution is -0.123. The Bertz CT molecular complexity index is 900. The summed E-state index contributed by atoms with van der Waals surface area (Å²) in [5.41, 5.74) is 4.42. The molecule has 0 spiro atoms. The lowest BCUT2D eigenvalue weighted by atomic mass is 10.2. The van der Waals surface area contributed by atoms with Crippen LogP contribution in [0.3, 0.4) is 0 Å². The van der Waals surface area contributed by atoms with Gasteiger partial charge in [0.2, 0.25) is 5.91 Å². The fourth-order valence-electron chi connectivity index (χ4n) is 2.94. The summed E-state index contributed by atoms with van der Waals surface area (Å²) in [4.78, 5) is 23.7. The number of hydrogen-bond donors (Lipinski definition) is 2. The van der Waals surface area contributed by atoms with Crippen molar-refractivity contribution < 1.29 is 19.1 Å². The summed E-state index contributed by atoms with van der Waals surface area (Å²) in [7, 11) is 0. The van der Waals surface area contributed by atoms with Crippen LogP contribution in [0.2, 0.25) is 5.02 Å². The molecular weight excluding hydrogens is 450 g/mol. The number of nitrogens with one attached hydrogen (secondary N) is 2. The minimum absolute atomic E-state index is 0.0517. The molecule has 3 rings (SSSR count). The Morgan fingerprint density at radius 1 is 1.16 bits per heavy atom. The van der Waals surface area contributed by atoms with Crippen molar-refractivity contribution in [3.8, 4) is 5.75 Å². The van der Waals surface area contributed by atoms with Gasteiger partial charge >= 0.3 is 0 Å². The van der Waals surface area contributed by atoms with Crippen LogP contribution in [-0.2, 0) is 20.1 Å². The van der Waals surface area contributed by atoms with Crippen molar-refractivity contribution in [2.75, 3.05) is 25.5 Å². The highest BCUT2D eigenvalue weighted by molar-refractivity contribution is 7.99. The SMILES string of the molecule is O=C(COc1ccc(/C=N/NC(=O)CSCc2ccc(Cl)cc2)cc1)NCC1CCCO1. The largest absolute Gasteiger partial charge is 0.484 e. The second-order valence-corrected chi connectivity index (χ2v) is 8.63. The highest BCUT2D eigenvalue weighted by atomic mass is 35.5. The molecule has 1 unspecified atom stereocenters. The summed E-state index contributed by atoms with van der Waals surface area (Å²) >= 11 is 7.36. The number of rotatable bonds is 11. The number of ether oxygens (including phenoxy) is 2. The topological polar surface area (TPSA) is 89.0 Å². The molecule has 32 heavy (non-hydrogen) atoms. The predicted molar refractivity (Wildman–Crippen MR) is 127 cm³/mol. The highest BCUT2D eigenvalue weighted by Crippen LogP contribution is 2.15. The summed E-state index contributed by atoms with van der Waals surface area (Å²) in [5, 5.41) is 7.48. The fraction of sp³-hybridized carbons (Fsp3) is 0.348. The number of amides is 2. The van der Waals surface area contributed by atoms with Crippen LogP contribution in [0.15, 0.2) is 53.6 Å². The quantitative estimate of drug-likeness (QED) is 0.384. The number of carbonyl (C=O) groups is 2. The van der Waals surface area contributed by atoms with Gasteiger partial charge in [-0.25, -0.2) is 5.43 Å². The monoisotopic (exact) mass is 475 g/mol. The number of hydrogen-bond acceptors (Lipinski definition) is 6. The van der Waals surface area contributed by atoms with Crippen molar-refractivity contribution in [1.29, 1.82) is 0 Å². The Morgan fingerprint density at radius 2 is 1.94 bits per heavy atom. The first-order chi connectivity index (χ1) is 15.6. The van der Waals surface area contributed by atoms with Crippen molar-refractivity contribution in [3.63, 3.8) is 0 Å². The second-order valence-electron chi connectivity index (χ2n) is 7.21. The van der Waals surface area contributed by atoms with Crippen LogP contribution in [0.1, 0.15) is 24.0 Å². The molecule has 1 saturated heterocycles. The Balaban J connectivity index is 1.30. The van der Waals surface area contributed by atoms with Crippen molar-refractivity contribution >= 4 is 41.4 Å². The van der Waals surface area contributed by atoms with Crippen LogP contribution >= 0.6 is 23.4 Å². The van der Waals surface area contributed by atoms with Crippen molar-refractivity contribution in [1.82, 2.24) is 10.7 Å². The number of benzene rings is 2. The zero-order valence-electron chi connectivity index (χ0n) is 17.6. The molecule has 2 aromatic carbocycles. The van der Waals surface area contributed by atoms with Gasteiger partial charge in [-0.15, -0.1) is 11.8 Å². The van der Waals surface area contributed by atoms with E-state index in [1.54, 1.807) is 30.5 Å². The van der Waals surface area contributed by atoms with Crippen LogP contribution in [0.5, 0.6) is 5.75 Å². The van der Waals surface area contributed by atoms with E-state index in [9.17, 15) is 9.59 Å². The minimum Gasteiger partial charge on any atom is -0.484 e. The molecule has 1 heterocycles. The Labute approximate surface area is 196 Å². The standard InChI is InChI=1S/C23H26ClN3O4S/c24-19-7-3-18(4-8-19)15-32-16-23(29)27-26-12-17-5-9-20(10-6-17)31-14-22(28)25-13-21-2-1-11-30-21/h3-10,12,21H,1-2,11,13-16H2,(H,25,28)(H,27,29)/b26-12+. The average Bonchev–Trinajstić information content (AvgIpc) is 3.32. The number of carbonyl (C=O) groups excluding carboxylic acids is 2. The zero-order valence-corrected chi connectivity index (χ0v) is 19.2. The second kappa shape index (κ2) is 13.1. The van der Waals surface area contributed by atoms with E-state index in [-0.39, 0.29) is 24.5 Å². The van der Waals surface area contributed by atoms with E-state index in [1.807, 2.05) is 24.3 Å². The first-order valence-corrected chi connectivity index (χ1v) is 11.9. The molecule has 9 heteroatoms. The minimum atomic E-state index is -0.178. The van der Waals surface area contributed by atoms with Crippen LogP contribution in [0, 0.1) is 0 Å². The van der Waals surface area contributed by atoms with E-state index in [0.717, 1.165) is 36.3 Å². The molecule has 0 aliphatic carbocycles. The first-order valence-electron chi connectivity index (χ1n) is 10.3. The third kappa shape index (κ3) is 8.90. The molecule has 2 amide bonds. The van der Waals surface area contributed by atoms with Gasteiger partial charge in [0.1, 0.15) is 5.75 Å². The fourth-order valence-corrected chi connectivity index (χ4v) is 3.84. The van der Waals surface area contributed by atoms with E-state index in [1.165, 1.54) is 11.8 Å². The molecule has 2 aromatic rings. The average molecular weight is 476 g/mol. The van der Waals surface area contributed by atoms with E-state index in [0.29, 0.717) is 23.1 Å². The van der Waals surface area contributed by atoms with Gasteiger partial charge in [0, 0.05) is 23.9 Å². The molecule has 1 aliphatic rings. The molecule has 1 aliphatic heterocycles. The molecule has 170 valence electrons. The third-order valence-electron chi connectivity index (χ3n) is 4.62. The maximum Gasteiger partial charge on any atom is 0.258 e. The number of hydrazone groups is 1. The van der Waals surface area contributed by atoms with Crippen molar-refractivity contribution in [3.05, 3.63) is 64.7 Å². The number of thioether (sulfide) groups is 1. The normalized spacial score (nSPS) is 15.6. The van der Waals surface area contributed by atoms with Crippen LogP contribution in [0.4, 0.5) is 0 Å². The van der Waals surface area contributed by atoms with E-state index >= 15 is 0 Å². The molecule has 0 saturated carbocycles. The predicted octanol–water partition coefficient (Wildman–Crippen LogP) is 3.40. The van der Waals surface area contributed by atoms with Crippen LogP contribution in [0.25, 0.3) is 0 Å². The van der Waals surface area contributed by atoms with Gasteiger partial charge < -0.3 is 14.8 Å². The van der Waals surface area contributed by atoms with Crippen LogP contribution < -0.4 is 15.5 Å². The Kier molecular flexibility index (Phi) is 9.87. The zero-order chi connectivity index (χ0) is 22.6. The maximum absolute atomic E-state index is 11.9. The van der Waals surface area contributed by atoms with E-state index in [4.69, 9.17) is 21.1 Å². The summed E-state index contributed by atoms with van der Waals surface area (Å²) in [5.74, 6) is 1.26. The van der Waals surface area contributed by atoms with Gasteiger partial charge in [-0.1, -0.05) is 23.7 Å². The summed E-state index contributed by atoms with van der Waals surface area (Å²) in [6, 6.07) is 14.6. The molecule has 0 bridgehead atoms. The van der Waals surface area contributed by atoms with Crippen molar-refractivity contribution in [2.24, 2.45) is 5.10 Å². The Morgan fingerprint density at radius 3 is 2.66 bits per heavy atom. The lowest BCUT2D eigenvalue weighted by Gasteiger charge is -2.11. The lowest BCUT2D eigenvalue weighted by Crippen LogP contribution is -2.35. The molecule has 0 radical (unpaired) electrons. The molecular formula is C23H26ClN3O4S. The molecule has 1 fully saturated rings. The Hall–Kier alpha value is -2.55. The first kappa shape index (κ1) is 24.1. The molecule has 7 nitrogen and oxygen atoms in total. The van der Waals surface area contributed by atoms with Gasteiger partial charge in [-0.05, 0) is 60.4 Å². The van der Waals surface area contributed by atoms with Gasteiger partial charge in [-0.2, -0.15) is 5.10 Å².